The van der Waals surface area contributed by atoms with Crippen molar-refractivity contribution in [3.8, 4) is 11.1 Å². The van der Waals surface area contributed by atoms with E-state index >= 15 is 0 Å². The Morgan fingerprint density at radius 1 is 1.00 bits per heavy atom. The van der Waals surface area contributed by atoms with Crippen LogP contribution < -0.4 is 0 Å². The summed E-state index contributed by atoms with van der Waals surface area (Å²) >= 11 is 0. The number of H-pyrrole nitrogens is 1. The van der Waals surface area contributed by atoms with Gasteiger partial charge in [0.05, 0.1) is 17.4 Å². The predicted octanol–water partition coefficient (Wildman–Crippen LogP) is 5.17. The van der Waals surface area contributed by atoms with Crippen LogP contribution >= 0.6 is 0 Å². The van der Waals surface area contributed by atoms with Crippen molar-refractivity contribution in [3.05, 3.63) is 89.7 Å². The van der Waals surface area contributed by atoms with Gasteiger partial charge in [-0.15, -0.1) is 0 Å². The number of carbonyl (C=O) groups is 1. The van der Waals surface area contributed by atoms with Gasteiger partial charge in [0, 0.05) is 24.1 Å². The highest BCUT2D eigenvalue weighted by molar-refractivity contribution is 5.97. The molecule has 1 aromatic heterocycles. The van der Waals surface area contributed by atoms with Crippen LogP contribution in [0.15, 0.2) is 73.1 Å². The van der Waals surface area contributed by atoms with Crippen molar-refractivity contribution in [2.45, 2.75) is 31.2 Å². The van der Waals surface area contributed by atoms with Gasteiger partial charge >= 0.3 is 0 Å². The fourth-order valence-electron chi connectivity index (χ4n) is 5.32. The first-order valence-electron chi connectivity index (χ1n) is 10.7. The van der Waals surface area contributed by atoms with Gasteiger partial charge in [-0.05, 0) is 59.7 Å². The Morgan fingerprint density at radius 2 is 1.90 bits per heavy atom. The van der Waals surface area contributed by atoms with E-state index in [1.807, 2.05) is 18.2 Å². The number of piperidine rings is 1. The minimum absolute atomic E-state index is 0.130. The summed E-state index contributed by atoms with van der Waals surface area (Å²) in [5.74, 6) is 0.557. The van der Waals surface area contributed by atoms with Gasteiger partial charge in [-0.3, -0.25) is 4.79 Å². The molecule has 2 heterocycles. The maximum Gasteiger partial charge on any atom is 0.254 e. The van der Waals surface area contributed by atoms with E-state index < -0.39 is 0 Å². The highest BCUT2D eigenvalue weighted by Crippen LogP contribution is 2.44. The lowest BCUT2D eigenvalue weighted by Crippen LogP contribution is -2.46. The molecule has 148 valence electrons. The molecule has 3 aromatic carbocycles. The van der Waals surface area contributed by atoms with Crippen molar-refractivity contribution in [2.75, 3.05) is 6.54 Å². The smallest absolute Gasteiger partial charge is 0.254 e. The second-order valence-corrected chi connectivity index (χ2v) is 8.43. The first-order valence-corrected chi connectivity index (χ1v) is 10.7. The number of benzene rings is 3. The summed E-state index contributed by atoms with van der Waals surface area (Å²) in [7, 11) is 0. The number of fused-ring (bicyclic) bond motifs is 4. The number of carbonyl (C=O) groups excluding carboxylic acids is 1. The van der Waals surface area contributed by atoms with Gasteiger partial charge in [-0.2, -0.15) is 0 Å². The van der Waals surface area contributed by atoms with Crippen molar-refractivity contribution in [1.82, 2.24) is 14.9 Å². The summed E-state index contributed by atoms with van der Waals surface area (Å²) in [6.45, 7) is 0.831. The zero-order chi connectivity index (χ0) is 20.1. The lowest BCUT2D eigenvalue weighted by molar-refractivity contribution is 0.0595. The molecule has 1 aliphatic carbocycles. The van der Waals surface area contributed by atoms with E-state index in [2.05, 4.69) is 63.4 Å². The van der Waals surface area contributed by atoms with E-state index in [9.17, 15) is 4.79 Å². The molecule has 1 amide bonds. The number of nitrogens with one attached hydrogen (secondary N) is 1. The van der Waals surface area contributed by atoms with E-state index in [1.54, 1.807) is 6.33 Å². The van der Waals surface area contributed by atoms with Crippen molar-refractivity contribution >= 4 is 16.9 Å². The minimum Gasteiger partial charge on any atom is -0.345 e. The molecule has 4 heteroatoms. The second kappa shape index (κ2) is 6.84. The lowest BCUT2D eigenvalue weighted by atomic mass is 9.87. The topological polar surface area (TPSA) is 49.0 Å². The van der Waals surface area contributed by atoms with Gasteiger partial charge in [0.1, 0.15) is 0 Å². The summed E-state index contributed by atoms with van der Waals surface area (Å²) in [5.41, 5.74) is 7.88. The van der Waals surface area contributed by atoms with E-state index in [0.29, 0.717) is 5.92 Å². The Balaban J connectivity index is 1.32. The van der Waals surface area contributed by atoms with Crippen LogP contribution in [0.5, 0.6) is 0 Å². The third kappa shape index (κ3) is 2.75. The third-order valence-electron chi connectivity index (χ3n) is 6.79. The van der Waals surface area contributed by atoms with Gasteiger partial charge in [0.2, 0.25) is 0 Å². The highest BCUT2D eigenvalue weighted by atomic mass is 16.2. The Morgan fingerprint density at radius 3 is 2.80 bits per heavy atom. The molecule has 4 aromatic rings. The molecule has 0 spiro atoms. The van der Waals surface area contributed by atoms with E-state index in [4.69, 9.17) is 0 Å². The predicted molar refractivity (Wildman–Crippen MR) is 118 cm³/mol. The third-order valence-corrected chi connectivity index (χ3v) is 6.79. The Bertz CT molecular complexity index is 1240. The molecular formula is C26H23N3O. The van der Waals surface area contributed by atoms with Crippen molar-refractivity contribution in [2.24, 2.45) is 0 Å². The zero-order valence-electron chi connectivity index (χ0n) is 16.7. The average Bonchev–Trinajstić information content (AvgIpc) is 3.42. The van der Waals surface area contributed by atoms with Crippen molar-refractivity contribution < 1.29 is 4.79 Å². The molecule has 2 atom stereocenters. The van der Waals surface area contributed by atoms with Gasteiger partial charge < -0.3 is 9.88 Å². The first-order chi connectivity index (χ1) is 14.8. The molecule has 0 saturated carbocycles. The standard InChI is InChI=1S/C26H23N3O/c30-26(20-10-11-23-24(14-20)28-16-27-23)29-12-4-7-21-22-13-18(17-5-2-1-3-6-17)8-9-19(22)15-25(21)29/h1-3,5-6,8-11,13-14,16,21,25H,4,7,12,15H2,(H,27,28)/t21-,25+/m1/s1. The van der Waals surface area contributed by atoms with E-state index in [1.165, 1.54) is 22.3 Å². The Hall–Kier alpha value is -3.40. The Labute approximate surface area is 175 Å². The fraction of sp³-hybridized carbons (Fsp3) is 0.231. The number of imidazole rings is 1. The van der Waals surface area contributed by atoms with E-state index in [-0.39, 0.29) is 11.9 Å². The monoisotopic (exact) mass is 393 g/mol. The fourth-order valence-corrected chi connectivity index (χ4v) is 5.32. The number of nitrogens with zero attached hydrogens (tertiary/aromatic N) is 2. The molecule has 0 unspecified atom stereocenters. The molecule has 1 aliphatic heterocycles. The van der Waals surface area contributed by atoms with Crippen molar-refractivity contribution in [1.29, 1.82) is 0 Å². The normalized spacial score (nSPS) is 20.2. The number of aromatic nitrogens is 2. The number of amides is 1. The molecule has 4 nitrogen and oxygen atoms in total. The van der Waals surface area contributed by atoms with E-state index in [0.717, 1.165) is 42.4 Å². The molecule has 6 rings (SSSR count). The lowest BCUT2D eigenvalue weighted by Gasteiger charge is -2.38. The van der Waals surface area contributed by atoms with Gasteiger partial charge in [0.25, 0.3) is 5.91 Å². The molecule has 0 bridgehead atoms. The minimum atomic E-state index is 0.130. The van der Waals surface area contributed by atoms with Gasteiger partial charge in [-0.25, -0.2) is 4.98 Å². The number of aromatic amines is 1. The maximum atomic E-state index is 13.4. The summed E-state index contributed by atoms with van der Waals surface area (Å²) in [5, 5.41) is 0. The molecule has 0 radical (unpaired) electrons. The van der Waals surface area contributed by atoms with Crippen LogP contribution in [-0.4, -0.2) is 33.4 Å². The second-order valence-electron chi connectivity index (χ2n) is 8.43. The quantitative estimate of drug-likeness (QED) is 0.510. The maximum absolute atomic E-state index is 13.4. The van der Waals surface area contributed by atoms with Crippen LogP contribution in [0.3, 0.4) is 0 Å². The van der Waals surface area contributed by atoms with Crippen LogP contribution in [0.25, 0.3) is 22.2 Å². The van der Waals surface area contributed by atoms with Crippen LogP contribution in [0.4, 0.5) is 0 Å². The largest absolute Gasteiger partial charge is 0.345 e. The summed E-state index contributed by atoms with van der Waals surface area (Å²) in [6.07, 6.45) is 4.82. The van der Waals surface area contributed by atoms with Crippen LogP contribution in [0.1, 0.15) is 40.2 Å². The number of likely N-dealkylation sites (tertiary alicyclic amines) is 1. The molecule has 30 heavy (non-hydrogen) atoms. The van der Waals surface area contributed by atoms with Crippen LogP contribution in [0.2, 0.25) is 0 Å². The number of rotatable bonds is 2. The number of hydrogen-bond donors (Lipinski definition) is 1. The summed E-state index contributed by atoms with van der Waals surface area (Å²) in [6, 6.07) is 23.4. The molecule has 1 fully saturated rings. The van der Waals surface area contributed by atoms with Gasteiger partial charge in [-0.1, -0.05) is 48.5 Å². The molecule has 1 N–H and O–H groups in total. The molecule has 1 saturated heterocycles. The molecular weight excluding hydrogens is 370 g/mol. The molecule has 2 aliphatic rings. The SMILES string of the molecule is O=C(c1ccc2[nH]cnc2c1)N1CCC[C@@H]2c3cc(-c4ccccc4)ccc3C[C@@H]21. The first kappa shape index (κ1) is 17.5. The van der Waals surface area contributed by atoms with Gasteiger partial charge in [0.15, 0.2) is 0 Å². The zero-order valence-corrected chi connectivity index (χ0v) is 16.7. The van der Waals surface area contributed by atoms with Crippen molar-refractivity contribution in [3.63, 3.8) is 0 Å². The van der Waals surface area contributed by atoms with Crippen LogP contribution in [0, 0.1) is 0 Å². The average molecular weight is 393 g/mol. The number of hydrogen-bond acceptors (Lipinski definition) is 2. The summed E-state index contributed by atoms with van der Waals surface area (Å²) in [4.78, 5) is 23.0. The van der Waals surface area contributed by atoms with Crippen LogP contribution in [-0.2, 0) is 6.42 Å². The summed E-state index contributed by atoms with van der Waals surface area (Å²) < 4.78 is 0. The Kier molecular flexibility index (Phi) is 3.98. The highest BCUT2D eigenvalue weighted by Gasteiger charge is 2.41.